The van der Waals surface area contributed by atoms with Crippen molar-refractivity contribution in [1.29, 1.82) is 0 Å². The van der Waals surface area contributed by atoms with Gasteiger partial charge in [-0.15, -0.1) is 36.6 Å². The first-order valence-electron chi connectivity index (χ1n) is 9.30. The van der Waals surface area contributed by atoms with Crippen molar-refractivity contribution in [2.45, 2.75) is 48.4 Å². The summed E-state index contributed by atoms with van der Waals surface area (Å²) in [6, 6.07) is 4.22. The zero-order chi connectivity index (χ0) is 18.1. The first-order valence-corrected chi connectivity index (χ1v) is 23.3. The molecule has 3 rings (SSSR count). The number of unbranched alkanes of at least 4 members (excludes halogenated alkanes) is 2. The Kier molecular flexibility index (Phi) is 9.22. The molecular formula is C20H28BrClN2Sn-2. The van der Waals surface area contributed by atoms with Crippen LogP contribution in [0.25, 0.3) is 22.8 Å². The van der Waals surface area contributed by atoms with Crippen LogP contribution < -0.4 is 0 Å². The summed E-state index contributed by atoms with van der Waals surface area (Å²) in [5, 5.41) is 8.98. The summed E-state index contributed by atoms with van der Waals surface area (Å²) in [5.74, 6) is 0. The molecule has 5 heteroatoms. The number of rotatable bonds is 6. The molecule has 138 valence electrons. The van der Waals surface area contributed by atoms with Crippen LogP contribution in [0.1, 0.15) is 50.7 Å². The number of halogens is 2. The molecule has 0 amide bonds. The Morgan fingerprint density at radius 2 is 1.36 bits per heavy atom. The third kappa shape index (κ3) is 6.83. The Morgan fingerprint density at radius 3 is 1.76 bits per heavy atom. The van der Waals surface area contributed by atoms with E-state index in [-0.39, 0.29) is 0 Å². The minimum absolute atomic E-state index is 0.780. The van der Waals surface area contributed by atoms with Gasteiger partial charge in [0.2, 0.25) is 0 Å². The molecule has 0 saturated heterocycles. The SMILES string of the molecule is C1=Cc2ccc3c(c2[N-]C1)[N-]CC=C3.CCC[CH2][Sn]([Cl])([Br])[CH2]CCC. The maximum atomic E-state index is 6.42. The first kappa shape index (κ1) is 21.2. The Labute approximate surface area is 166 Å². The molecule has 0 bridgehead atoms. The second-order valence-electron chi connectivity index (χ2n) is 6.49. The van der Waals surface area contributed by atoms with Crippen molar-refractivity contribution in [3.05, 3.63) is 46.0 Å². The van der Waals surface area contributed by atoms with Gasteiger partial charge >= 0.3 is 85.1 Å². The van der Waals surface area contributed by atoms with E-state index in [4.69, 9.17) is 8.92 Å². The summed E-state index contributed by atoms with van der Waals surface area (Å²) >= 11 is 1.61. The van der Waals surface area contributed by atoms with Crippen LogP contribution in [0, 0.1) is 0 Å². The number of nitrogens with zero attached hydrogens (tertiary/aromatic N) is 2. The average molecular weight is 531 g/mol. The zero-order valence-corrected chi connectivity index (χ0v) is 20.5. The molecule has 0 fully saturated rings. The van der Waals surface area contributed by atoms with Gasteiger partial charge in [-0.3, -0.25) is 0 Å². The van der Waals surface area contributed by atoms with Crippen LogP contribution in [0.3, 0.4) is 0 Å². The molecule has 1 aromatic carbocycles. The van der Waals surface area contributed by atoms with Crippen molar-refractivity contribution >= 4 is 60.2 Å². The van der Waals surface area contributed by atoms with E-state index in [1.807, 2.05) is 0 Å². The van der Waals surface area contributed by atoms with Crippen LogP contribution in [0.5, 0.6) is 0 Å². The van der Waals surface area contributed by atoms with Crippen molar-refractivity contribution in [3.63, 3.8) is 0 Å². The van der Waals surface area contributed by atoms with Crippen LogP contribution in [0.4, 0.5) is 11.4 Å². The molecule has 2 aliphatic heterocycles. The van der Waals surface area contributed by atoms with E-state index in [0.29, 0.717) is 0 Å². The Bertz CT molecular complexity index is 563. The topological polar surface area (TPSA) is 28.2 Å². The van der Waals surface area contributed by atoms with E-state index in [9.17, 15) is 0 Å². The molecule has 0 atom stereocenters. The van der Waals surface area contributed by atoms with Crippen LogP contribution in [-0.2, 0) is 0 Å². The number of hydrogen-bond acceptors (Lipinski definition) is 0. The summed E-state index contributed by atoms with van der Waals surface area (Å²) in [5.41, 5.74) is 4.51. The fraction of sp³-hybridized carbons (Fsp3) is 0.500. The molecule has 2 aliphatic rings. The third-order valence-electron chi connectivity index (χ3n) is 4.31. The zero-order valence-electron chi connectivity index (χ0n) is 15.3. The van der Waals surface area contributed by atoms with Crippen molar-refractivity contribution < 1.29 is 0 Å². The normalized spacial score (nSPS) is 14.6. The van der Waals surface area contributed by atoms with Gasteiger partial charge in [0.05, 0.1) is 0 Å². The summed E-state index contributed by atoms with van der Waals surface area (Å²) in [6.07, 6.45) is 13.6. The monoisotopic (exact) mass is 530 g/mol. The Balaban J connectivity index is 0.000000188. The van der Waals surface area contributed by atoms with Gasteiger partial charge in [-0.25, -0.2) is 0 Å². The Hall–Kier alpha value is -0.131. The van der Waals surface area contributed by atoms with Gasteiger partial charge in [-0.1, -0.05) is 24.3 Å². The summed E-state index contributed by atoms with van der Waals surface area (Å²) in [4.78, 5) is 0. The quantitative estimate of drug-likeness (QED) is 0.331. The fourth-order valence-corrected chi connectivity index (χ4v) is 14.1. The van der Waals surface area contributed by atoms with Crippen LogP contribution >= 0.6 is 21.6 Å². The van der Waals surface area contributed by atoms with E-state index in [2.05, 4.69) is 73.6 Å². The fourth-order valence-electron chi connectivity index (χ4n) is 2.86. The van der Waals surface area contributed by atoms with Gasteiger partial charge in [-0.05, 0) is 11.1 Å². The molecule has 0 N–H and O–H groups in total. The van der Waals surface area contributed by atoms with E-state index < -0.39 is 15.0 Å². The van der Waals surface area contributed by atoms with Crippen LogP contribution in [-0.4, -0.2) is 28.1 Å². The van der Waals surface area contributed by atoms with Crippen molar-refractivity contribution in [3.8, 4) is 0 Å². The van der Waals surface area contributed by atoms with Gasteiger partial charge in [0, 0.05) is 0 Å². The van der Waals surface area contributed by atoms with E-state index in [1.54, 1.807) is 0 Å². The van der Waals surface area contributed by atoms with E-state index in [1.165, 1.54) is 45.7 Å². The van der Waals surface area contributed by atoms with Gasteiger partial charge < -0.3 is 10.6 Å². The van der Waals surface area contributed by atoms with Gasteiger partial charge in [0.25, 0.3) is 0 Å². The molecule has 0 aromatic heterocycles. The molecule has 2 nitrogen and oxygen atoms in total. The minimum atomic E-state index is -2.15. The first-order chi connectivity index (χ1) is 12.1. The number of hydrogen-bond donors (Lipinski definition) is 0. The number of benzene rings is 1. The second kappa shape index (κ2) is 10.9. The standard InChI is InChI=1S/C12H10N2.2C4H9.BrH.ClH.Sn/c1-3-9-5-6-10-4-2-8-14-12(10)11(9)13-7-1;2*1-3-4-2;;;/h1-6H,7-8H2;2*1,3-4H2,2H3;2*1H;/q-2;;;;;+2/p-2. The maximum absolute atomic E-state index is 6.42. The van der Waals surface area contributed by atoms with Gasteiger partial charge in [-0.2, -0.15) is 0 Å². The third-order valence-corrected chi connectivity index (χ3v) is 18.4. The molecule has 0 saturated carbocycles. The van der Waals surface area contributed by atoms with E-state index >= 15 is 0 Å². The molecule has 0 unspecified atom stereocenters. The predicted molar refractivity (Wildman–Crippen MR) is 120 cm³/mol. The summed E-state index contributed by atoms with van der Waals surface area (Å²) in [6.45, 7) is 6.02. The second-order valence-corrected chi connectivity index (χ2v) is 32.3. The molecule has 1 aromatic rings. The Morgan fingerprint density at radius 1 is 0.920 bits per heavy atom. The molecule has 0 aliphatic carbocycles. The molecule has 0 radical (unpaired) electrons. The molecule has 0 spiro atoms. The van der Waals surface area contributed by atoms with Crippen LogP contribution in [0.15, 0.2) is 24.3 Å². The van der Waals surface area contributed by atoms with Crippen molar-refractivity contribution in [1.82, 2.24) is 0 Å². The summed E-state index contributed by atoms with van der Waals surface area (Å²) in [7, 11) is 6.42. The van der Waals surface area contributed by atoms with Crippen molar-refractivity contribution in [2.75, 3.05) is 13.1 Å². The average Bonchev–Trinajstić information content (AvgIpc) is 2.65. The summed E-state index contributed by atoms with van der Waals surface area (Å²) < 4.78 is 2.60. The van der Waals surface area contributed by atoms with Crippen LogP contribution in [0.2, 0.25) is 8.87 Å². The predicted octanol–water partition coefficient (Wildman–Crippen LogP) is 8.41. The van der Waals surface area contributed by atoms with Gasteiger partial charge in [0.15, 0.2) is 0 Å². The molecule has 2 heterocycles. The molecular weight excluding hydrogens is 502 g/mol. The van der Waals surface area contributed by atoms with Crippen molar-refractivity contribution in [2.24, 2.45) is 0 Å². The van der Waals surface area contributed by atoms with E-state index in [0.717, 1.165) is 24.5 Å². The number of fused-ring (bicyclic) bond motifs is 3. The van der Waals surface area contributed by atoms with Gasteiger partial charge in [0.1, 0.15) is 0 Å². The molecule has 25 heavy (non-hydrogen) atoms.